The number of pyridine rings is 1. The number of aromatic nitrogens is 3. The highest BCUT2D eigenvalue weighted by atomic mass is 19.1. The summed E-state index contributed by atoms with van der Waals surface area (Å²) >= 11 is 0. The molecule has 4 rings (SSSR count). The molecule has 0 radical (unpaired) electrons. The number of hydrogen-bond donors (Lipinski definition) is 2. The number of rotatable bonds is 12. The second-order valence-corrected chi connectivity index (χ2v) is 10.9. The first-order valence-electron chi connectivity index (χ1n) is 14.4. The summed E-state index contributed by atoms with van der Waals surface area (Å²) in [6, 6.07) is 6.09. The van der Waals surface area contributed by atoms with E-state index in [0.29, 0.717) is 12.1 Å². The highest BCUT2D eigenvalue weighted by Crippen LogP contribution is 2.31. The minimum absolute atomic E-state index is 0.00294. The largest absolute Gasteiger partial charge is 0.483 e. The lowest BCUT2D eigenvalue weighted by Crippen LogP contribution is -2.37. The Labute approximate surface area is 271 Å². The number of ether oxygens (including phenoxy) is 2. The van der Waals surface area contributed by atoms with Crippen LogP contribution in [0.25, 0.3) is 11.0 Å². The minimum atomic E-state index is -1.32. The summed E-state index contributed by atoms with van der Waals surface area (Å²) < 4.78 is 68.6. The number of likely N-dealkylation sites (N-methyl/N-ethyl adjacent to an activating group) is 1. The van der Waals surface area contributed by atoms with Crippen molar-refractivity contribution < 1.29 is 41.4 Å². The second-order valence-electron chi connectivity index (χ2n) is 10.9. The molecule has 2 aromatic carbocycles. The average Bonchev–Trinajstić information content (AvgIpc) is 3.45. The second kappa shape index (κ2) is 15.3. The Morgan fingerprint density at radius 1 is 1.02 bits per heavy atom. The normalized spacial score (nSPS) is 11.8. The van der Waals surface area contributed by atoms with E-state index < -0.39 is 59.3 Å². The molecule has 2 heterocycles. The van der Waals surface area contributed by atoms with Gasteiger partial charge in [-0.15, -0.1) is 0 Å². The first-order valence-corrected chi connectivity index (χ1v) is 14.4. The quantitative estimate of drug-likeness (QED) is 0.169. The maximum Gasteiger partial charge on any atom is 0.410 e. The van der Waals surface area contributed by atoms with E-state index in [4.69, 9.17) is 9.47 Å². The van der Waals surface area contributed by atoms with Gasteiger partial charge >= 0.3 is 6.09 Å². The van der Waals surface area contributed by atoms with Crippen LogP contribution in [0.4, 0.5) is 28.0 Å². The third kappa shape index (κ3) is 8.57. The molecule has 0 fully saturated rings. The van der Waals surface area contributed by atoms with Crippen LogP contribution in [-0.4, -0.2) is 76.5 Å². The monoisotopic (exact) mass is 672 g/mol. The Kier molecular flexibility index (Phi) is 11.2. The standard InChI is InChI=1S/C32H32F4N6O6/c1-40(2)26(43)10-6-5-9-24(48-32(46)41(3)4)30(44)37-23-8-7-13-42(31(23)45)16-25-38-27-21(35)15-22(36)29(28(27)39-25)47-17-18-11-12-19(33)14-20(18)34/h6-8,10-15,24H,5,9,16-17H2,1-4H3,(H,37,44)(H,38,39)/b10-6+. The zero-order chi connectivity index (χ0) is 35.1. The fraction of sp³-hybridized carbons (Fsp3) is 0.281. The molecule has 0 aliphatic carbocycles. The number of benzene rings is 2. The topological polar surface area (TPSA) is 139 Å². The van der Waals surface area contributed by atoms with Gasteiger partial charge in [0.2, 0.25) is 5.91 Å². The van der Waals surface area contributed by atoms with Gasteiger partial charge < -0.3 is 34.1 Å². The van der Waals surface area contributed by atoms with Crippen molar-refractivity contribution in [1.82, 2.24) is 24.3 Å². The molecule has 4 aromatic rings. The summed E-state index contributed by atoms with van der Waals surface area (Å²) in [5, 5.41) is 2.46. The molecule has 1 unspecified atom stereocenters. The molecule has 1 atom stereocenters. The summed E-state index contributed by atoms with van der Waals surface area (Å²) in [5.74, 6) is -5.39. The van der Waals surface area contributed by atoms with Crippen molar-refractivity contribution in [3.8, 4) is 5.75 Å². The van der Waals surface area contributed by atoms with Gasteiger partial charge in [0, 0.05) is 52.1 Å². The van der Waals surface area contributed by atoms with Crippen molar-refractivity contribution in [2.75, 3.05) is 33.5 Å². The molecule has 12 nitrogen and oxygen atoms in total. The van der Waals surface area contributed by atoms with E-state index in [1.54, 1.807) is 14.1 Å². The fourth-order valence-corrected chi connectivity index (χ4v) is 4.31. The van der Waals surface area contributed by atoms with Crippen molar-refractivity contribution in [2.45, 2.75) is 32.1 Å². The number of imidazole rings is 1. The van der Waals surface area contributed by atoms with E-state index in [-0.39, 0.29) is 53.4 Å². The van der Waals surface area contributed by atoms with Crippen molar-refractivity contribution in [3.05, 3.63) is 99.8 Å². The van der Waals surface area contributed by atoms with Crippen molar-refractivity contribution in [1.29, 1.82) is 0 Å². The van der Waals surface area contributed by atoms with Crippen LogP contribution >= 0.6 is 0 Å². The van der Waals surface area contributed by atoms with Gasteiger partial charge in [-0.1, -0.05) is 6.08 Å². The highest BCUT2D eigenvalue weighted by Gasteiger charge is 2.25. The zero-order valence-electron chi connectivity index (χ0n) is 26.4. The average molecular weight is 673 g/mol. The molecule has 0 aliphatic rings. The van der Waals surface area contributed by atoms with Crippen molar-refractivity contribution >= 4 is 34.6 Å². The highest BCUT2D eigenvalue weighted by molar-refractivity contribution is 5.95. The molecular weight excluding hydrogens is 640 g/mol. The number of fused-ring (bicyclic) bond motifs is 1. The molecule has 0 bridgehead atoms. The van der Waals surface area contributed by atoms with Crippen LogP contribution in [0, 0.1) is 23.3 Å². The zero-order valence-corrected chi connectivity index (χ0v) is 26.4. The van der Waals surface area contributed by atoms with Gasteiger partial charge in [-0.3, -0.25) is 14.4 Å². The van der Waals surface area contributed by atoms with Crippen LogP contribution in [0.2, 0.25) is 0 Å². The molecule has 0 saturated carbocycles. The molecule has 3 amide bonds. The smallest absolute Gasteiger partial charge is 0.410 e. The van der Waals surface area contributed by atoms with Crippen molar-refractivity contribution in [3.63, 3.8) is 0 Å². The van der Waals surface area contributed by atoms with E-state index in [9.17, 15) is 36.7 Å². The number of amides is 3. The molecule has 2 aromatic heterocycles. The van der Waals surface area contributed by atoms with Crippen LogP contribution in [0.15, 0.2) is 59.5 Å². The van der Waals surface area contributed by atoms with Gasteiger partial charge in [-0.05, 0) is 43.2 Å². The first kappa shape index (κ1) is 35.2. The van der Waals surface area contributed by atoms with Crippen LogP contribution in [0.5, 0.6) is 5.75 Å². The predicted molar refractivity (Wildman–Crippen MR) is 166 cm³/mol. The Morgan fingerprint density at radius 3 is 2.46 bits per heavy atom. The van der Waals surface area contributed by atoms with Gasteiger partial charge in [-0.2, -0.15) is 0 Å². The molecule has 0 saturated heterocycles. The molecule has 16 heteroatoms. The number of carbonyl (C=O) groups is 3. The van der Waals surface area contributed by atoms with E-state index in [2.05, 4.69) is 15.3 Å². The number of aromatic amines is 1. The number of allylic oxidation sites excluding steroid dienone is 1. The number of H-pyrrole nitrogens is 1. The Hall–Kier alpha value is -5.67. The lowest BCUT2D eigenvalue weighted by atomic mass is 10.1. The third-order valence-corrected chi connectivity index (χ3v) is 6.86. The summed E-state index contributed by atoms with van der Waals surface area (Å²) in [6.07, 6.45) is 2.30. The number of halogens is 4. The Bertz CT molecular complexity index is 1920. The number of carbonyl (C=O) groups excluding carboxylic acids is 3. The lowest BCUT2D eigenvalue weighted by molar-refractivity contribution is -0.125. The first-order chi connectivity index (χ1) is 22.7. The van der Waals surface area contributed by atoms with Crippen LogP contribution in [-0.2, 0) is 27.5 Å². The van der Waals surface area contributed by atoms with E-state index in [0.717, 1.165) is 21.6 Å². The third-order valence-electron chi connectivity index (χ3n) is 6.86. The lowest BCUT2D eigenvalue weighted by Gasteiger charge is -2.19. The summed E-state index contributed by atoms with van der Waals surface area (Å²) in [5.41, 5.74) is -1.46. The van der Waals surface area contributed by atoms with E-state index >= 15 is 0 Å². The van der Waals surface area contributed by atoms with Gasteiger partial charge in [0.05, 0.1) is 6.54 Å². The number of nitrogens with one attached hydrogen (secondary N) is 2. The Balaban J connectivity index is 1.53. The molecule has 48 heavy (non-hydrogen) atoms. The predicted octanol–water partition coefficient (Wildman–Crippen LogP) is 4.34. The van der Waals surface area contributed by atoms with Gasteiger partial charge in [0.25, 0.3) is 11.5 Å². The van der Waals surface area contributed by atoms with Crippen molar-refractivity contribution in [2.24, 2.45) is 0 Å². The minimum Gasteiger partial charge on any atom is -0.483 e. The molecule has 254 valence electrons. The van der Waals surface area contributed by atoms with Crippen LogP contribution in [0.3, 0.4) is 0 Å². The van der Waals surface area contributed by atoms with Crippen LogP contribution in [0.1, 0.15) is 24.2 Å². The molecule has 2 N–H and O–H groups in total. The SMILES string of the molecule is CN(C)C(=O)/C=C/CCC(OC(=O)N(C)C)C(=O)Nc1cccn(Cc2nc3c(F)cc(F)c(OCc4ccc(F)cc4F)c3[nH]2)c1=O. The van der Waals surface area contributed by atoms with Gasteiger partial charge in [0.15, 0.2) is 23.5 Å². The summed E-state index contributed by atoms with van der Waals surface area (Å²) in [6.45, 7) is -0.789. The van der Waals surface area contributed by atoms with E-state index in [1.807, 2.05) is 0 Å². The van der Waals surface area contributed by atoms with Crippen LogP contribution < -0.4 is 15.6 Å². The number of anilines is 1. The summed E-state index contributed by atoms with van der Waals surface area (Å²) in [4.78, 5) is 59.8. The van der Waals surface area contributed by atoms with Gasteiger partial charge in [-0.25, -0.2) is 27.3 Å². The fourth-order valence-electron chi connectivity index (χ4n) is 4.31. The molecule has 0 spiro atoms. The van der Waals surface area contributed by atoms with Gasteiger partial charge in [0.1, 0.15) is 40.8 Å². The molecule has 0 aliphatic heterocycles. The van der Waals surface area contributed by atoms with E-state index in [1.165, 1.54) is 49.5 Å². The maximum atomic E-state index is 14.8. The summed E-state index contributed by atoms with van der Waals surface area (Å²) in [7, 11) is 6.02. The molecular formula is C32H32F4N6O6. The number of hydrogen-bond acceptors (Lipinski definition) is 7. The number of nitrogens with zero attached hydrogens (tertiary/aromatic N) is 4. The Morgan fingerprint density at radius 2 is 1.77 bits per heavy atom. The maximum absolute atomic E-state index is 14.8.